The first kappa shape index (κ1) is 17.0. The van der Waals surface area contributed by atoms with E-state index in [4.69, 9.17) is 9.47 Å². The molecule has 1 unspecified atom stereocenters. The number of esters is 1. The van der Waals surface area contributed by atoms with Crippen LogP contribution in [0.2, 0.25) is 0 Å². The number of nitrogens with one attached hydrogen (secondary N) is 1. The first-order chi connectivity index (χ1) is 9.40. The van der Waals surface area contributed by atoms with Crippen LogP contribution in [0, 0.1) is 5.92 Å². The van der Waals surface area contributed by atoms with Gasteiger partial charge in [-0.25, -0.2) is 0 Å². The molecule has 112 valence electrons. The summed E-state index contributed by atoms with van der Waals surface area (Å²) in [4.78, 5) is 11.8. The predicted molar refractivity (Wildman–Crippen MR) is 82.9 cm³/mol. The molecule has 0 spiro atoms. The Balaban J connectivity index is 2.86. The molecule has 0 fully saturated rings. The minimum absolute atomic E-state index is 0.0312. The van der Waals surface area contributed by atoms with Gasteiger partial charge in [-0.1, -0.05) is 19.9 Å². The number of hydrogen-bond donors (Lipinski definition) is 1. The Hall–Kier alpha value is -1.07. The van der Waals surface area contributed by atoms with Crippen molar-refractivity contribution in [3.8, 4) is 5.75 Å². The number of carbonyl (C=O) groups is 1. The SMILES string of the molecule is COC(=O)[C@@H](NC(C)c1ccc(OC)c(Br)c1)C(C)C. The maximum Gasteiger partial charge on any atom is 0.323 e. The van der Waals surface area contributed by atoms with Crippen LogP contribution >= 0.6 is 15.9 Å². The summed E-state index contributed by atoms with van der Waals surface area (Å²) in [7, 11) is 3.04. The number of benzene rings is 1. The second kappa shape index (κ2) is 7.64. The van der Waals surface area contributed by atoms with E-state index in [2.05, 4.69) is 21.2 Å². The lowest BCUT2D eigenvalue weighted by Crippen LogP contribution is -2.42. The van der Waals surface area contributed by atoms with Crippen LogP contribution in [-0.2, 0) is 9.53 Å². The van der Waals surface area contributed by atoms with E-state index in [1.165, 1.54) is 7.11 Å². The van der Waals surface area contributed by atoms with E-state index in [-0.39, 0.29) is 24.0 Å². The van der Waals surface area contributed by atoms with Gasteiger partial charge in [0.1, 0.15) is 11.8 Å². The third-order valence-electron chi connectivity index (χ3n) is 3.23. The van der Waals surface area contributed by atoms with Crippen molar-refractivity contribution in [3.05, 3.63) is 28.2 Å². The first-order valence-electron chi connectivity index (χ1n) is 6.58. The second-order valence-corrected chi connectivity index (χ2v) is 5.88. The summed E-state index contributed by atoms with van der Waals surface area (Å²) < 4.78 is 10.9. The Kier molecular flexibility index (Phi) is 6.49. The van der Waals surface area contributed by atoms with Crippen LogP contribution in [0.1, 0.15) is 32.4 Å². The number of carbonyl (C=O) groups excluding carboxylic acids is 1. The van der Waals surface area contributed by atoms with Crippen molar-refractivity contribution in [1.82, 2.24) is 5.32 Å². The van der Waals surface area contributed by atoms with Crippen molar-refractivity contribution >= 4 is 21.9 Å². The van der Waals surface area contributed by atoms with Crippen LogP contribution in [0.3, 0.4) is 0 Å². The molecule has 1 aromatic rings. The van der Waals surface area contributed by atoms with Crippen molar-refractivity contribution in [2.75, 3.05) is 14.2 Å². The molecule has 5 heteroatoms. The minimum Gasteiger partial charge on any atom is -0.496 e. The van der Waals surface area contributed by atoms with Crippen molar-refractivity contribution in [2.24, 2.45) is 5.92 Å². The maximum atomic E-state index is 11.8. The van der Waals surface area contributed by atoms with Crippen LogP contribution in [0.15, 0.2) is 22.7 Å². The van der Waals surface area contributed by atoms with Gasteiger partial charge < -0.3 is 9.47 Å². The molecule has 0 saturated heterocycles. The van der Waals surface area contributed by atoms with Crippen molar-refractivity contribution in [3.63, 3.8) is 0 Å². The molecule has 0 heterocycles. The highest BCUT2D eigenvalue weighted by molar-refractivity contribution is 9.10. The normalized spacial score (nSPS) is 13.9. The molecule has 0 aliphatic carbocycles. The Morgan fingerprint density at radius 2 is 1.90 bits per heavy atom. The lowest BCUT2D eigenvalue weighted by Gasteiger charge is -2.24. The maximum absolute atomic E-state index is 11.8. The van der Waals surface area contributed by atoms with E-state index in [1.54, 1.807) is 7.11 Å². The summed E-state index contributed by atoms with van der Waals surface area (Å²) in [6.07, 6.45) is 0. The first-order valence-corrected chi connectivity index (χ1v) is 7.37. The molecule has 20 heavy (non-hydrogen) atoms. The molecule has 0 aromatic heterocycles. The van der Waals surface area contributed by atoms with Gasteiger partial charge in [0.15, 0.2) is 0 Å². The molecule has 1 N–H and O–H groups in total. The average Bonchev–Trinajstić information content (AvgIpc) is 2.43. The molecule has 1 rings (SSSR count). The van der Waals surface area contributed by atoms with Gasteiger partial charge in [-0.2, -0.15) is 0 Å². The van der Waals surface area contributed by atoms with E-state index in [0.29, 0.717) is 0 Å². The Labute approximate surface area is 129 Å². The van der Waals surface area contributed by atoms with Gasteiger partial charge in [0.25, 0.3) is 0 Å². The van der Waals surface area contributed by atoms with Gasteiger partial charge in [0.2, 0.25) is 0 Å². The highest BCUT2D eigenvalue weighted by atomic mass is 79.9. The minimum atomic E-state index is -0.323. The topological polar surface area (TPSA) is 47.6 Å². The Bertz CT molecular complexity index is 462. The Morgan fingerprint density at radius 3 is 2.35 bits per heavy atom. The summed E-state index contributed by atoms with van der Waals surface area (Å²) in [6.45, 7) is 6.00. The molecule has 4 nitrogen and oxygen atoms in total. The third kappa shape index (κ3) is 4.21. The fourth-order valence-electron chi connectivity index (χ4n) is 1.98. The van der Waals surface area contributed by atoms with Gasteiger partial charge in [0, 0.05) is 6.04 Å². The second-order valence-electron chi connectivity index (χ2n) is 5.03. The fraction of sp³-hybridized carbons (Fsp3) is 0.533. The zero-order chi connectivity index (χ0) is 15.3. The summed E-state index contributed by atoms with van der Waals surface area (Å²) >= 11 is 3.47. The molecule has 0 aliphatic rings. The van der Waals surface area contributed by atoms with Crippen LogP contribution in [-0.4, -0.2) is 26.2 Å². The summed E-state index contributed by atoms with van der Waals surface area (Å²) in [5.74, 6) is 0.709. The van der Waals surface area contributed by atoms with E-state index in [9.17, 15) is 4.79 Å². The van der Waals surface area contributed by atoms with Crippen molar-refractivity contribution < 1.29 is 14.3 Å². The monoisotopic (exact) mass is 343 g/mol. The molecule has 0 amide bonds. The summed E-state index contributed by atoms with van der Waals surface area (Å²) in [5, 5.41) is 3.31. The molecule has 0 bridgehead atoms. The molecule has 2 atom stereocenters. The highest BCUT2D eigenvalue weighted by Gasteiger charge is 2.25. The standard InChI is InChI=1S/C15H22BrNO3/c1-9(2)14(15(18)20-5)17-10(3)11-6-7-13(19-4)12(16)8-11/h6-10,14,17H,1-5H3/t10?,14-/m0/s1. The zero-order valence-corrected chi connectivity index (χ0v) is 14.2. The quantitative estimate of drug-likeness (QED) is 0.805. The molecular weight excluding hydrogens is 322 g/mol. The van der Waals surface area contributed by atoms with Crippen LogP contribution < -0.4 is 10.1 Å². The number of rotatable bonds is 6. The van der Waals surface area contributed by atoms with Crippen LogP contribution in [0.5, 0.6) is 5.75 Å². The number of halogens is 1. The smallest absolute Gasteiger partial charge is 0.323 e. The van der Waals surface area contributed by atoms with E-state index in [0.717, 1.165) is 15.8 Å². The molecular formula is C15H22BrNO3. The van der Waals surface area contributed by atoms with E-state index < -0.39 is 0 Å². The van der Waals surface area contributed by atoms with Gasteiger partial charge in [-0.05, 0) is 46.5 Å². The zero-order valence-electron chi connectivity index (χ0n) is 12.6. The van der Waals surface area contributed by atoms with Crippen molar-refractivity contribution in [1.29, 1.82) is 0 Å². The average molecular weight is 344 g/mol. The van der Waals surface area contributed by atoms with Crippen LogP contribution in [0.25, 0.3) is 0 Å². The van der Waals surface area contributed by atoms with E-state index >= 15 is 0 Å². The largest absolute Gasteiger partial charge is 0.496 e. The predicted octanol–water partition coefficient (Wildman–Crippen LogP) is 3.31. The molecule has 0 saturated carbocycles. The molecule has 0 radical (unpaired) electrons. The lowest BCUT2D eigenvalue weighted by atomic mass is 10.0. The van der Waals surface area contributed by atoms with Gasteiger partial charge in [-0.15, -0.1) is 0 Å². The third-order valence-corrected chi connectivity index (χ3v) is 3.85. The molecule has 1 aromatic carbocycles. The number of ether oxygens (including phenoxy) is 2. The fourth-order valence-corrected chi connectivity index (χ4v) is 2.54. The van der Waals surface area contributed by atoms with E-state index in [1.807, 2.05) is 39.0 Å². The molecule has 0 aliphatic heterocycles. The summed E-state index contributed by atoms with van der Waals surface area (Å²) in [6, 6.07) is 5.58. The van der Waals surface area contributed by atoms with Crippen molar-refractivity contribution in [2.45, 2.75) is 32.9 Å². The highest BCUT2D eigenvalue weighted by Crippen LogP contribution is 2.28. The van der Waals surface area contributed by atoms with Gasteiger partial charge in [-0.3, -0.25) is 10.1 Å². The van der Waals surface area contributed by atoms with Gasteiger partial charge >= 0.3 is 5.97 Å². The van der Waals surface area contributed by atoms with Gasteiger partial charge in [0.05, 0.1) is 18.7 Å². The Morgan fingerprint density at radius 1 is 1.25 bits per heavy atom. The lowest BCUT2D eigenvalue weighted by molar-refractivity contribution is -0.144. The van der Waals surface area contributed by atoms with Crippen LogP contribution in [0.4, 0.5) is 0 Å². The number of methoxy groups -OCH3 is 2. The summed E-state index contributed by atoms with van der Waals surface area (Å²) in [5.41, 5.74) is 1.08. The number of hydrogen-bond acceptors (Lipinski definition) is 4.